The number of benzene rings is 1. The monoisotopic (exact) mass is 327 g/mol. The van der Waals surface area contributed by atoms with Gasteiger partial charge in [-0.2, -0.15) is 0 Å². The largest absolute Gasteiger partial charge is 0.372 e. The molecule has 0 saturated heterocycles. The molecule has 0 bridgehead atoms. The van der Waals surface area contributed by atoms with Gasteiger partial charge >= 0.3 is 17.1 Å². The van der Waals surface area contributed by atoms with Crippen LogP contribution in [0.2, 0.25) is 0 Å². The van der Waals surface area contributed by atoms with E-state index in [1.165, 1.54) is 0 Å². The highest BCUT2D eigenvalue weighted by molar-refractivity contribution is 5.90. The van der Waals surface area contributed by atoms with Crippen LogP contribution in [0, 0.1) is 30.3 Å². The Morgan fingerprint density at radius 1 is 0.783 bits per heavy atom. The molecule has 0 atom stereocenters. The topological polar surface area (TPSA) is 153 Å². The van der Waals surface area contributed by atoms with E-state index in [9.17, 15) is 30.3 Å². The van der Waals surface area contributed by atoms with Crippen molar-refractivity contribution in [2.45, 2.75) is 39.8 Å². The lowest BCUT2D eigenvalue weighted by Gasteiger charge is -2.15. The Morgan fingerprint density at radius 3 is 1.35 bits per heavy atom. The van der Waals surface area contributed by atoms with Crippen LogP contribution in [0.5, 0.6) is 0 Å². The summed E-state index contributed by atoms with van der Waals surface area (Å²) in [7, 11) is 0. The summed E-state index contributed by atoms with van der Waals surface area (Å²) in [4.78, 5) is 31.2. The molecule has 0 heterocycles. The minimum absolute atomic E-state index is 0.347. The Morgan fingerprint density at radius 2 is 1.13 bits per heavy atom. The predicted molar refractivity (Wildman–Crippen MR) is 83.9 cm³/mol. The van der Waals surface area contributed by atoms with Crippen LogP contribution in [-0.4, -0.2) is 26.9 Å². The van der Waals surface area contributed by atoms with E-state index in [-0.39, 0.29) is 23.5 Å². The van der Waals surface area contributed by atoms with Crippen LogP contribution in [0.3, 0.4) is 0 Å². The van der Waals surface area contributed by atoms with Crippen molar-refractivity contribution in [3.63, 3.8) is 0 Å². The van der Waals surface area contributed by atoms with Gasteiger partial charge < -0.3 is 10.6 Å². The molecule has 0 amide bonds. The van der Waals surface area contributed by atoms with Crippen LogP contribution in [0.1, 0.15) is 27.7 Å². The van der Waals surface area contributed by atoms with E-state index in [2.05, 4.69) is 10.6 Å². The zero-order valence-electron chi connectivity index (χ0n) is 13.0. The normalized spacial score (nSPS) is 10.7. The zero-order valence-corrected chi connectivity index (χ0v) is 13.0. The van der Waals surface area contributed by atoms with Crippen molar-refractivity contribution in [1.29, 1.82) is 0 Å². The van der Waals surface area contributed by atoms with Crippen molar-refractivity contribution >= 4 is 28.4 Å². The minimum Gasteiger partial charge on any atom is -0.372 e. The molecule has 126 valence electrons. The third kappa shape index (κ3) is 4.02. The van der Waals surface area contributed by atoms with E-state index in [1.807, 2.05) is 0 Å². The van der Waals surface area contributed by atoms with Crippen molar-refractivity contribution in [3.05, 3.63) is 36.4 Å². The lowest BCUT2D eigenvalue weighted by molar-refractivity contribution is -0.400. The summed E-state index contributed by atoms with van der Waals surface area (Å²) in [6.45, 7) is 6.57. The van der Waals surface area contributed by atoms with E-state index < -0.39 is 31.8 Å². The van der Waals surface area contributed by atoms with Crippen molar-refractivity contribution in [2.24, 2.45) is 0 Å². The summed E-state index contributed by atoms with van der Waals surface area (Å²) >= 11 is 0. The van der Waals surface area contributed by atoms with Gasteiger partial charge in [0.2, 0.25) is 0 Å². The maximum atomic E-state index is 11.4. The third-order valence-corrected chi connectivity index (χ3v) is 2.70. The molecule has 0 aromatic heterocycles. The molecule has 0 fully saturated rings. The smallest absolute Gasteiger partial charge is 0.329 e. The van der Waals surface area contributed by atoms with Gasteiger partial charge in [0.1, 0.15) is 0 Å². The van der Waals surface area contributed by atoms with Crippen molar-refractivity contribution < 1.29 is 14.8 Å². The van der Waals surface area contributed by atoms with E-state index >= 15 is 0 Å². The number of hydrogen-bond acceptors (Lipinski definition) is 8. The maximum absolute atomic E-state index is 11.4. The second-order valence-electron chi connectivity index (χ2n) is 5.38. The van der Waals surface area contributed by atoms with Gasteiger partial charge in [-0.25, -0.2) is 0 Å². The van der Waals surface area contributed by atoms with Gasteiger partial charge in [0.25, 0.3) is 0 Å². The molecule has 11 nitrogen and oxygen atoms in total. The molecule has 23 heavy (non-hydrogen) atoms. The van der Waals surface area contributed by atoms with Crippen LogP contribution in [0.25, 0.3) is 0 Å². The molecule has 11 heteroatoms. The molecular weight excluding hydrogens is 310 g/mol. The van der Waals surface area contributed by atoms with Crippen LogP contribution >= 0.6 is 0 Å². The number of nitro groups is 3. The number of hydrogen-bond donors (Lipinski definition) is 2. The number of rotatable bonds is 7. The summed E-state index contributed by atoms with van der Waals surface area (Å²) < 4.78 is 0. The highest BCUT2D eigenvalue weighted by Gasteiger charge is 2.37. The minimum atomic E-state index is -0.885. The summed E-state index contributed by atoms with van der Waals surface area (Å²) in [6.07, 6.45) is 0. The second-order valence-corrected chi connectivity index (χ2v) is 5.38. The highest BCUT2D eigenvalue weighted by Crippen LogP contribution is 2.46. The van der Waals surface area contributed by atoms with Gasteiger partial charge in [0.15, 0.2) is 11.4 Å². The van der Waals surface area contributed by atoms with Crippen LogP contribution in [-0.2, 0) is 0 Å². The lowest BCUT2D eigenvalue weighted by Crippen LogP contribution is -2.17. The molecular formula is C12H17N5O6. The standard InChI is InChI=1S/C12H17N5O6/c1-6(2)13-10-8(15(18)19)5-9(16(20)21)11(14-7(3)4)12(10)17(22)23/h5-7,13-14H,1-4H3. The molecule has 0 aliphatic carbocycles. The van der Waals surface area contributed by atoms with Crippen LogP contribution in [0.4, 0.5) is 28.4 Å². The van der Waals surface area contributed by atoms with Gasteiger partial charge in [0, 0.05) is 12.1 Å². The molecule has 0 saturated carbocycles. The second kappa shape index (κ2) is 6.85. The first-order valence-corrected chi connectivity index (χ1v) is 6.73. The summed E-state index contributed by atoms with van der Waals surface area (Å²) in [5, 5.41) is 39.1. The van der Waals surface area contributed by atoms with Gasteiger partial charge in [-0.15, -0.1) is 0 Å². The van der Waals surface area contributed by atoms with E-state index in [0.29, 0.717) is 0 Å². The average molecular weight is 327 g/mol. The van der Waals surface area contributed by atoms with E-state index in [4.69, 9.17) is 0 Å². The summed E-state index contributed by atoms with van der Waals surface area (Å²) in [5.74, 6) is 0. The molecule has 0 spiro atoms. The fourth-order valence-electron chi connectivity index (χ4n) is 1.97. The van der Waals surface area contributed by atoms with E-state index in [0.717, 1.165) is 6.07 Å². The van der Waals surface area contributed by atoms with Gasteiger partial charge in [-0.3, -0.25) is 30.3 Å². The van der Waals surface area contributed by atoms with Crippen molar-refractivity contribution in [1.82, 2.24) is 0 Å². The Hall–Kier alpha value is -2.98. The SMILES string of the molecule is CC(C)Nc1c([N+](=O)[O-])cc([N+](=O)[O-])c(NC(C)C)c1[N+](=O)[O-]. The molecule has 0 aliphatic rings. The molecule has 2 N–H and O–H groups in total. The maximum Gasteiger partial charge on any atom is 0.329 e. The molecule has 1 aromatic rings. The van der Waals surface area contributed by atoms with Gasteiger partial charge in [-0.05, 0) is 27.7 Å². The summed E-state index contributed by atoms with van der Waals surface area (Å²) in [6, 6.07) is 0.0316. The predicted octanol–water partition coefficient (Wildman–Crippen LogP) is 3.05. The third-order valence-electron chi connectivity index (χ3n) is 2.70. The van der Waals surface area contributed by atoms with Crippen LogP contribution in [0.15, 0.2) is 6.07 Å². The highest BCUT2D eigenvalue weighted by atomic mass is 16.6. The molecule has 0 radical (unpaired) electrons. The average Bonchev–Trinajstić information content (AvgIpc) is 2.35. The first-order chi connectivity index (χ1) is 10.6. The van der Waals surface area contributed by atoms with Crippen molar-refractivity contribution in [2.75, 3.05) is 10.6 Å². The van der Waals surface area contributed by atoms with Crippen LogP contribution < -0.4 is 10.6 Å². The Balaban J connectivity index is 3.87. The number of nitrogens with zero attached hydrogens (tertiary/aromatic N) is 3. The van der Waals surface area contributed by atoms with Gasteiger partial charge in [-0.1, -0.05) is 0 Å². The first-order valence-electron chi connectivity index (χ1n) is 6.73. The quantitative estimate of drug-likeness (QED) is 0.572. The Kier molecular flexibility index (Phi) is 5.38. The molecule has 1 rings (SSSR count). The zero-order chi connectivity index (χ0) is 17.9. The Labute approximate surface area is 131 Å². The fraction of sp³-hybridized carbons (Fsp3) is 0.500. The number of nitrogens with one attached hydrogen (secondary N) is 2. The number of anilines is 2. The molecule has 0 aliphatic heterocycles. The molecule has 1 aromatic carbocycles. The first kappa shape index (κ1) is 18.1. The fourth-order valence-corrected chi connectivity index (χ4v) is 1.97. The van der Waals surface area contributed by atoms with Gasteiger partial charge in [0.05, 0.1) is 20.8 Å². The summed E-state index contributed by atoms with van der Waals surface area (Å²) in [5.41, 5.74) is -2.86. The van der Waals surface area contributed by atoms with Crippen molar-refractivity contribution in [3.8, 4) is 0 Å². The lowest BCUT2D eigenvalue weighted by atomic mass is 10.1. The number of nitro benzene ring substituents is 3. The molecule has 0 unspecified atom stereocenters. The van der Waals surface area contributed by atoms with E-state index in [1.54, 1.807) is 27.7 Å². The Bertz CT molecular complexity index is 612.